The number of halogens is 1. The zero-order valence-corrected chi connectivity index (χ0v) is 13.0. The molecule has 1 aromatic carbocycles. The summed E-state index contributed by atoms with van der Waals surface area (Å²) in [7, 11) is 2.02. The van der Waals surface area contributed by atoms with Crippen LogP contribution in [0.25, 0.3) is 0 Å². The molecule has 2 N–H and O–H groups in total. The monoisotopic (exact) mass is 297 g/mol. The van der Waals surface area contributed by atoms with Crippen molar-refractivity contribution in [1.82, 2.24) is 15.5 Å². The Morgan fingerprint density at radius 1 is 1.45 bits per heavy atom. The van der Waals surface area contributed by atoms with E-state index in [2.05, 4.69) is 15.5 Å². The maximum atomic E-state index is 12.0. The van der Waals surface area contributed by atoms with Crippen LogP contribution in [0, 0.1) is 0 Å². The smallest absolute Gasteiger partial charge is 0.234 e. The minimum Gasteiger partial charge on any atom is -0.348 e. The average molecular weight is 298 g/mol. The molecule has 112 valence electrons. The highest BCUT2D eigenvalue weighted by Crippen LogP contribution is 2.11. The van der Waals surface area contributed by atoms with Crippen molar-refractivity contribution in [3.63, 3.8) is 0 Å². The standard InChI is InChI=1S/C15H23N3O.ClH/c1-12(13-6-4-3-5-7-13)17-15(19)11-18(2)14-8-9-16-10-14;/h3-7,12,14,16H,8-11H2,1-2H3,(H,17,19);1H. The third kappa shape index (κ3) is 4.78. The summed E-state index contributed by atoms with van der Waals surface area (Å²) in [6.07, 6.45) is 1.12. The molecule has 2 rings (SSSR count). The minimum absolute atomic E-state index is 0. The number of rotatable bonds is 5. The molecule has 0 saturated carbocycles. The maximum Gasteiger partial charge on any atom is 0.234 e. The van der Waals surface area contributed by atoms with Crippen molar-refractivity contribution in [2.24, 2.45) is 0 Å². The molecule has 1 saturated heterocycles. The highest BCUT2D eigenvalue weighted by molar-refractivity contribution is 5.85. The van der Waals surface area contributed by atoms with Crippen LogP contribution in [0.5, 0.6) is 0 Å². The Kier molecular flexibility index (Phi) is 6.99. The normalized spacial score (nSPS) is 19.4. The van der Waals surface area contributed by atoms with Crippen LogP contribution in [0.3, 0.4) is 0 Å². The lowest BCUT2D eigenvalue weighted by Gasteiger charge is -2.24. The molecule has 2 unspecified atom stereocenters. The van der Waals surface area contributed by atoms with Gasteiger partial charge in [-0.05, 0) is 32.5 Å². The molecule has 1 aromatic rings. The molecule has 5 heteroatoms. The van der Waals surface area contributed by atoms with Gasteiger partial charge in [0.1, 0.15) is 0 Å². The summed E-state index contributed by atoms with van der Waals surface area (Å²) >= 11 is 0. The first kappa shape index (κ1) is 17.0. The van der Waals surface area contributed by atoms with Crippen LogP contribution in [-0.2, 0) is 4.79 Å². The molecule has 0 bridgehead atoms. The van der Waals surface area contributed by atoms with E-state index in [-0.39, 0.29) is 24.4 Å². The Morgan fingerprint density at radius 2 is 2.15 bits per heavy atom. The van der Waals surface area contributed by atoms with Gasteiger partial charge in [-0.25, -0.2) is 0 Å². The van der Waals surface area contributed by atoms with Crippen LogP contribution in [0.2, 0.25) is 0 Å². The fourth-order valence-corrected chi connectivity index (χ4v) is 2.48. The zero-order valence-electron chi connectivity index (χ0n) is 12.1. The van der Waals surface area contributed by atoms with Gasteiger partial charge >= 0.3 is 0 Å². The van der Waals surface area contributed by atoms with Gasteiger partial charge in [-0.15, -0.1) is 12.4 Å². The van der Waals surface area contributed by atoms with E-state index in [0.717, 1.165) is 25.1 Å². The molecule has 0 aromatic heterocycles. The summed E-state index contributed by atoms with van der Waals surface area (Å²) in [6, 6.07) is 10.6. The van der Waals surface area contributed by atoms with E-state index in [1.54, 1.807) is 0 Å². The van der Waals surface area contributed by atoms with Crippen LogP contribution in [-0.4, -0.2) is 43.5 Å². The van der Waals surface area contributed by atoms with Crippen molar-refractivity contribution in [2.45, 2.75) is 25.4 Å². The Hall–Kier alpha value is -1.10. The molecule has 20 heavy (non-hydrogen) atoms. The molecule has 4 nitrogen and oxygen atoms in total. The predicted octanol–water partition coefficient (Wildman–Crippen LogP) is 1.58. The summed E-state index contributed by atoms with van der Waals surface area (Å²) in [5.41, 5.74) is 1.14. The van der Waals surface area contributed by atoms with Crippen LogP contribution in [0.4, 0.5) is 0 Å². The number of hydrogen-bond acceptors (Lipinski definition) is 3. The zero-order chi connectivity index (χ0) is 13.7. The number of amides is 1. The SMILES string of the molecule is CC(NC(=O)CN(C)C1CCNC1)c1ccccc1.Cl. The van der Waals surface area contributed by atoms with Crippen LogP contribution in [0.15, 0.2) is 30.3 Å². The fraction of sp³-hybridized carbons (Fsp3) is 0.533. The van der Waals surface area contributed by atoms with Crippen molar-refractivity contribution in [2.75, 3.05) is 26.7 Å². The molecule has 0 aliphatic carbocycles. The highest BCUT2D eigenvalue weighted by atomic mass is 35.5. The molecule has 1 heterocycles. The second-order valence-electron chi connectivity index (χ2n) is 5.26. The quantitative estimate of drug-likeness (QED) is 0.867. The maximum absolute atomic E-state index is 12.0. The summed E-state index contributed by atoms with van der Waals surface area (Å²) < 4.78 is 0. The molecular weight excluding hydrogens is 274 g/mol. The third-order valence-corrected chi connectivity index (χ3v) is 3.73. The molecule has 1 aliphatic rings. The number of nitrogens with zero attached hydrogens (tertiary/aromatic N) is 1. The van der Waals surface area contributed by atoms with Gasteiger partial charge in [-0.1, -0.05) is 30.3 Å². The van der Waals surface area contributed by atoms with E-state index in [1.165, 1.54) is 0 Å². The Morgan fingerprint density at radius 3 is 2.75 bits per heavy atom. The lowest BCUT2D eigenvalue weighted by Crippen LogP contribution is -2.42. The molecule has 1 amide bonds. The summed E-state index contributed by atoms with van der Waals surface area (Å²) in [5, 5.41) is 6.37. The van der Waals surface area contributed by atoms with Crippen molar-refractivity contribution in [3.8, 4) is 0 Å². The van der Waals surface area contributed by atoms with Gasteiger partial charge in [-0.3, -0.25) is 9.69 Å². The van der Waals surface area contributed by atoms with Crippen molar-refractivity contribution < 1.29 is 4.79 Å². The Labute approximate surface area is 127 Å². The number of hydrogen-bond donors (Lipinski definition) is 2. The van der Waals surface area contributed by atoms with Gasteiger partial charge in [0.2, 0.25) is 5.91 Å². The van der Waals surface area contributed by atoms with E-state index in [0.29, 0.717) is 12.6 Å². The van der Waals surface area contributed by atoms with Crippen LogP contribution < -0.4 is 10.6 Å². The van der Waals surface area contributed by atoms with Crippen LogP contribution in [0.1, 0.15) is 24.9 Å². The first-order valence-corrected chi connectivity index (χ1v) is 6.92. The number of nitrogens with one attached hydrogen (secondary N) is 2. The van der Waals surface area contributed by atoms with Crippen molar-refractivity contribution in [1.29, 1.82) is 0 Å². The van der Waals surface area contributed by atoms with E-state index in [4.69, 9.17) is 0 Å². The Balaban J connectivity index is 0.00000200. The Bertz CT molecular complexity index is 407. The number of carbonyl (C=O) groups excluding carboxylic acids is 1. The largest absolute Gasteiger partial charge is 0.348 e. The van der Waals surface area contributed by atoms with Crippen LogP contribution >= 0.6 is 12.4 Å². The molecule has 0 spiro atoms. The summed E-state index contributed by atoms with van der Waals surface area (Å²) in [6.45, 7) is 4.52. The second-order valence-corrected chi connectivity index (χ2v) is 5.26. The number of carbonyl (C=O) groups is 1. The first-order valence-electron chi connectivity index (χ1n) is 6.92. The van der Waals surface area contributed by atoms with Gasteiger partial charge in [0.05, 0.1) is 12.6 Å². The van der Waals surface area contributed by atoms with Crippen molar-refractivity contribution in [3.05, 3.63) is 35.9 Å². The summed E-state index contributed by atoms with van der Waals surface area (Å²) in [5.74, 6) is 0.0887. The van der Waals surface area contributed by atoms with Gasteiger partial charge in [0, 0.05) is 12.6 Å². The molecule has 1 aliphatic heterocycles. The predicted molar refractivity (Wildman–Crippen MR) is 84.2 cm³/mol. The van der Waals surface area contributed by atoms with Gasteiger partial charge < -0.3 is 10.6 Å². The molecule has 2 atom stereocenters. The molecular formula is C15H24ClN3O. The van der Waals surface area contributed by atoms with E-state index >= 15 is 0 Å². The number of benzene rings is 1. The molecule has 0 radical (unpaired) electrons. The fourth-order valence-electron chi connectivity index (χ4n) is 2.48. The van der Waals surface area contributed by atoms with E-state index < -0.39 is 0 Å². The lowest BCUT2D eigenvalue weighted by molar-refractivity contribution is -0.123. The van der Waals surface area contributed by atoms with Crippen molar-refractivity contribution >= 4 is 18.3 Å². The van der Waals surface area contributed by atoms with Gasteiger partial charge in [0.15, 0.2) is 0 Å². The topological polar surface area (TPSA) is 44.4 Å². The van der Waals surface area contributed by atoms with Gasteiger partial charge in [0.25, 0.3) is 0 Å². The average Bonchev–Trinajstić information content (AvgIpc) is 2.93. The van der Waals surface area contributed by atoms with E-state index in [9.17, 15) is 4.79 Å². The third-order valence-electron chi connectivity index (χ3n) is 3.73. The molecule has 1 fully saturated rings. The van der Waals surface area contributed by atoms with E-state index in [1.807, 2.05) is 44.3 Å². The van der Waals surface area contributed by atoms with Gasteiger partial charge in [-0.2, -0.15) is 0 Å². The number of likely N-dealkylation sites (N-methyl/N-ethyl adjacent to an activating group) is 1. The lowest BCUT2D eigenvalue weighted by atomic mass is 10.1. The summed E-state index contributed by atoms with van der Waals surface area (Å²) in [4.78, 5) is 14.2. The second kappa shape index (κ2) is 8.25. The minimum atomic E-state index is 0. The highest BCUT2D eigenvalue weighted by Gasteiger charge is 2.21. The first-order chi connectivity index (χ1) is 9.16.